The third kappa shape index (κ3) is 11.6. The van der Waals surface area contributed by atoms with Crippen molar-refractivity contribution in [3.05, 3.63) is 59.7 Å². The Morgan fingerprint density at radius 3 is 1.54 bits per heavy atom. The summed E-state index contributed by atoms with van der Waals surface area (Å²) in [7, 11) is 0. The van der Waals surface area contributed by atoms with Gasteiger partial charge in [-0.1, -0.05) is 50.2 Å². The molecule has 0 spiro atoms. The Hall–Kier alpha value is -0.760. The van der Waals surface area contributed by atoms with Gasteiger partial charge in [0.2, 0.25) is 5.69 Å². The lowest BCUT2D eigenvalue weighted by Crippen LogP contribution is -3.00. The zero-order valence-corrected chi connectivity index (χ0v) is 37.1. The van der Waals surface area contributed by atoms with Gasteiger partial charge in [-0.25, -0.2) is 0 Å². The van der Waals surface area contributed by atoms with Crippen LogP contribution in [-0.4, -0.2) is 89.7 Å². The zero-order chi connectivity index (χ0) is 33.9. The molecule has 2 heterocycles. The Bertz CT molecular complexity index is 1260. The highest BCUT2D eigenvalue weighted by Crippen LogP contribution is 2.40. The molecule has 8 heteroatoms. The predicted molar refractivity (Wildman–Crippen MR) is 201 cm³/mol. The van der Waals surface area contributed by atoms with Gasteiger partial charge in [-0.15, -0.1) is 11.6 Å². The van der Waals surface area contributed by atoms with Gasteiger partial charge in [-0.3, -0.25) is 4.99 Å². The lowest BCUT2D eigenvalue weighted by atomic mass is 9.82. The lowest BCUT2D eigenvalue weighted by molar-refractivity contribution is -0.924. The largest absolute Gasteiger partial charge is 1.00 e. The van der Waals surface area contributed by atoms with Crippen LogP contribution in [0.25, 0.3) is 0 Å². The summed E-state index contributed by atoms with van der Waals surface area (Å²) in [4.78, 5) is 4.52. The third-order valence-electron chi connectivity index (χ3n) is 11.8. The Morgan fingerprint density at radius 2 is 1.08 bits per heavy atom. The first-order chi connectivity index (χ1) is 21.3. The molecule has 2 aromatic carbocycles. The smallest absolute Gasteiger partial charge is 0.209 e. The molecule has 276 valence electrons. The van der Waals surface area contributed by atoms with Gasteiger partial charge in [0.05, 0.1) is 69.9 Å². The Morgan fingerprint density at radius 1 is 0.646 bits per heavy atom. The standard InChI is InChI=1S/C20H34N2.C11H13N.C9H21ClN.2BrH.ClH/c1-7-22(8-2,9-3)16-12-15-21-17(4)20(5,6)18-13-10-11-14-19(18)21;1-8-11(2,3)9-6-4-5-7-10(9)12-8;1-4-11(5-2,6-3)9-7-8-10;;;/h10-11,13-14H,7-9,12,15-16H2,1-6H3;4-7H,1-3H3;4-9H2,1-3H3;3*1H/q+2;;+1;;;/p-3. The summed E-state index contributed by atoms with van der Waals surface area (Å²) in [5, 5.41) is 0. The molecule has 0 saturated heterocycles. The normalized spacial score (nSPS) is 15.2. The molecule has 2 aliphatic rings. The van der Waals surface area contributed by atoms with E-state index < -0.39 is 0 Å². The predicted octanol–water partition coefficient (Wildman–Crippen LogP) is 0.923. The van der Waals surface area contributed by atoms with Crippen LogP contribution in [0.3, 0.4) is 0 Å². The fraction of sp³-hybridized carbons (Fsp3) is 0.650. The fourth-order valence-electron chi connectivity index (χ4n) is 7.10. The van der Waals surface area contributed by atoms with Crippen molar-refractivity contribution in [3.63, 3.8) is 0 Å². The number of rotatable bonds is 13. The molecular weight excluding hydrogens is 767 g/mol. The molecule has 0 aliphatic carbocycles. The molecule has 0 bridgehead atoms. The van der Waals surface area contributed by atoms with Crippen LogP contribution < -0.4 is 46.4 Å². The first-order valence-corrected chi connectivity index (χ1v) is 18.4. The van der Waals surface area contributed by atoms with Crippen LogP contribution in [0, 0.1) is 0 Å². The Balaban J connectivity index is 0. The first-order valence-electron chi connectivity index (χ1n) is 17.9. The van der Waals surface area contributed by atoms with E-state index in [2.05, 4.69) is 135 Å². The van der Waals surface area contributed by atoms with Crippen LogP contribution >= 0.6 is 11.6 Å². The van der Waals surface area contributed by atoms with Crippen molar-refractivity contribution in [2.75, 3.05) is 64.8 Å². The Kier molecular flexibility index (Phi) is 22.9. The van der Waals surface area contributed by atoms with Crippen LogP contribution in [0.5, 0.6) is 0 Å². The number of fused-ring (bicyclic) bond motifs is 2. The molecule has 0 fully saturated rings. The molecule has 0 atom stereocenters. The number of benzene rings is 2. The maximum absolute atomic E-state index is 5.67. The van der Waals surface area contributed by atoms with E-state index in [0.29, 0.717) is 0 Å². The van der Waals surface area contributed by atoms with E-state index in [1.54, 1.807) is 0 Å². The van der Waals surface area contributed by atoms with E-state index in [1.807, 2.05) is 6.07 Å². The number of para-hydroxylation sites is 2. The monoisotopic (exact) mass is 832 g/mol. The summed E-state index contributed by atoms with van der Waals surface area (Å²) < 4.78 is 5.04. The number of halogens is 4. The van der Waals surface area contributed by atoms with Gasteiger partial charge in [0.15, 0.2) is 12.3 Å². The zero-order valence-electron chi connectivity index (χ0n) is 32.4. The van der Waals surface area contributed by atoms with Gasteiger partial charge in [0.25, 0.3) is 0 Å². The van der Waals surface area contributed by atoms with E-state index >= 15 is 0 Å². The molecular formula is C40H68Br2Cl2N4. The second-order valence-corrected chi connectivity index (χ2v) is 14.5. The van der Waals surface area contributed by atoms with Crippen molar-refractivity contribution in [2.45, 2.75) is 107 Å². The summed E-state index contributed by atoms with van der Waals surface area (Å²) in [5.41, 5.74) is 8.41. The number of hydrogen-bond acceptors (Lipinski definition) is 1. The van der Waals surface area contributed by atoms with Crippen molar-refractivity contribution in [3.8, 4) is 0 Å². The van der Waals surface area contributed by atoms with Crippen molar-refractivity contribution in [2.24, 2.45) is 4.99 Å². The van der Waals surface area contributed by atoms with E-state index in [-0.39, 0.29) is 57.2 Å². The van der Waals surface area contributed by atoms with Gasteiger partial charge < -0.3 is 55.3 Å². The van der Waals surface area contributed by atoms with E-state index in [1.165, 1.54) is 96.0 Å². The van der Waals surface area contributed by atoms with Crippen LogP contribution in [0.1, 0.15) is 107 Å². The number of hydrogen-bond donors (Lipinski definition) is 0. The summed E-state index contributed by atoms with van der Waals surface area (Å²) in [6.07, 6.45) is 2.41. The summed E-state index contributed by atoms with van der Waals surface area (Å²) in [5.74, 6) is 0.806. The molecule has 4 rings (SSSR count). The van der Waals surface area contributed by atoms with Gasteiger partial charge in [0.1, 0.15) is 0 Å². The molecule has 2 aliphatic heterocycles. The van der Waals surface area contributed by atoms with Crippen LogP contribution in [0.2, 0.25) is 0 Å². The molecule has 0 radical (unpaired) electrons. The SMILES string of the molecule is CC1=Nc2ccccc2C1(C)C.CC[N+](CC)(CC)CCCCl.CC[N+](CC)(CC)CCC[N+]1=C(C)C(C)(C)c2ccccc21.[Br-].[Br-].[Cl-]. The number of alkyl halides is 1. The summed E-state index contributed by atoms with van der Waals surface area (Å²) in [6.45, 7) is 38.5. The average molecular weight is 836 g/mol. The first kappa shape index (κ1) is 49.4. The maximum atomic E-state index is 5.67. The maximum Gasteiger partial charge on any atom is 0.209 e. The number of aliphatic imine (C=N–C) groups is 1. The van der Waals surface area contributed by atoms with Crippen molar-refractivity contribution < 1.29 is 59.9 Å². The van der Waals surface area contributed by atoms with Crippen LogP contribution in [-0.2, 0) is 10.8 Å². The van der Waals surface area contributed by atoms with Crippen molar-refractivity contribution in [1.29, 1.82) is 0 Å². The number of nitrogens with zero attached hydrogens (tertiary/aromatic N) is 4. The number of quaternary nitrogens is 2. The fourth-order valence-corrected chi connectivity index (χ4v) is 7.22. The van der Waals surface area contributed by atoms with Gasteiger partial charge >= 0.3 is 0 Å². The van der Waals surface area contributed by atoms with Crippen molar-refractivity contribution >= 4 is 34.4 Å². The molecule has 0 amide bonds. The topological polar surface area (TPSA) is 15.4 Å². The minimum absolute atomic E-state index is 0. The third-order valence-corrected chi connectivity index (χ3v) is 12.0. The highest BCUT2D eigenvalue weighted by molar-refractivity contribution is 6.17. The molecule has 2 aromatic rings. The van der Waals surface area contributed by atoms with E-state index in [4.69, 9.17) is 11.6 Å². The molecule has 4 nitrogen and oxygen atoms in total. The van der Waals surface area contributed by atoms with E-state index in [0.717, 1.165) is 24.5 Å². The van der Waals surface area contributed by atoms with Crippen LogP contribution in [0.4, 0.5) is 11.4 Å². The highest BCUT2D eigenvalue weighted by atomic mass is 79.9. The lowest BCUT2D eigenvalue weighted by Gasteiger charge is -2.35. The van der Waals surface area contributed by atoms with Crippen molar-refractivity contribution in [1.82, 2.24) is 0 Å². The van der Waals surface area contributed by atoms with Gasteiger partial charge in [-0.05, 0) is 73.9 Å². The highest BCUT2D eigenvalue weighted by Gasteiger charge is 2.42. The molecule has 0 aromatic heterocycles. The van der Waals surface area contributed by atoms with Gasteiger partial charge in [0, 0.05) is 42.0 Å². The molecule has 0 saturated carbocycles. The minimum Gasteiger partial charge on any atom is -1.00 e. The minimum atomic E-state index is 0. The quantitative estimate of drug-likeness (QED) is 0.162. The van der Waals surface area contributed by atoms with Gasteiger partial charge in [-0.2, -0.15) is 4.58 Å². The Labute approximate surface area is 328 Å². The second-order valence-electron chi connectivity index (χ2n) is 14.1. The summed E-state index contributed by atoms with van der Waals surface area (Å²) >= 11 is 5.67. The molecule has 0 unspecified atom stereocenters. The van der Waals surface area contributed by atoms with Crippen LogP contribution in [0.15, 0.2) is 53.5 Å². The summed E-state index contributed by atoms with van der Waals surface area (Å²) in [6, 6.07) is 17.3. The molecule has 48 heavy (non-hydrogen) atoms. The second kappa shape index (κ2) is 22.2. The average Bonchev–Trinajstić information content (AvgIpc) is 3.41. The molecule has 0 N–H and O–H groups in total. The van der Waals surface area contributed by atoms with E-state index in [9.17, 15) is 0 Å².